The lowest BCUT2D eigenvalue weighted by molar-refractivity contribution is 0.618. The van der Waals surface area contributed by atoms with E-state index in [1.165, 1.54) is 17.5 Å². The largest absolute Gasteiger partial charge is 0.330 e. The van der Waals surface area contributed by atoms with Gasteiger partial charge in [-0.05, 0) is 24.1 Å². The SMILES string of the molecule is NCC1Cc2ccccc21. The van der Waals surface area contributed by atoms with E-state index < -0.39 is 0 Å². The second-order valence-corrected chi connectivity index (χ2v) is 2.84. The highest BCUT2D eigenvalue weighted by Gasteiger charge is 2.22. The highest BCUT2D eigenvalue weighted by molar-refractivity contribution is 5.39. The molecule has 0 spiro atoms. The predicted octanol–water partition coefficient (Wildman–Crippen LogP) is 1.28. The van der Waals surface area contributed by atoms with Crippen LogP contribution in [0.2, 0.25) is 0 Å². The van der Waals surface area contributed by atoms with Gasteiger partial charge in [-0.3, -0.25) is 0 Å². The Bertz CT molecular complexity index is 242. The van der Waals surface area contributed by atoms with Crippen molar-refractivity contribution in [2.75, 3.05) is 6.54 Å². The summed E-state index contributed by atoms with van der Waals surface area (Å²) in [5.74, 6) is 0.649. The molecule has 0 saturated carbocycles. The van der Waals surface area contributed by atoms with Crippen molar-refractivity contribution in [2.45, 2.75) is 12.3 Å². The van der Waals surface area contributed by atoms with E-state index in [0.29, 0.717) is 5.92 Å². The Morgan fingerprint density at radius 1 is 1.40 bits per heavy atom. The molecule has 52 valence electrons. The van der Waals surface area contributed by atoms with E-state index in [0.717, 1.165) is 6.54 Å². The summed E-state index contributed by atoms with van der Waals surface area (Å²) in [5.41, 5.74) is 8.50. The van der Waals surface area contributed by atoms with Gasteiger partial charge in [0.15, 0.2) is 0 Å². The van der Waals surface area contributed by atoms with Gasteiger partial charge in [0.2, 0.25) is 0 Å². The maximum absolute atomic E-state index is 5.55. The highest BCUT2D eigenvalue weighted by Crippen LogP contribution is 2.33. The zero-order valence-electron chi connectivity index (χ0n) is 5.88. The van der Waals surface area contributed by atoms with E-state index in [4.69, 9.17) is 5.73 Å². The Balaban J connectivity index is 2.34. The topological polar surface area (TPSA) is 26.0 Å². The molecule has 0 bridgehead atoms. The van der Waals surface area contributed by atoms with Crippen molar-refractivity contribution in [2.24, 2.45) is 5.73 Å². The molecule has 1 heteroatoms. The van der Waals surface area contributed by atoms with Crippen LogP contribution in [0.15, 0.2) is 24.3 Å². The average Bonchev–Trinajstić information content (AvgIpc) is 1.92. The van der Waals surface area contributed by atoms with Crippen molar-refractivity contribution in [3.63, 3.8) is 0 Å². The Labute approximate surface area is 60.9 Å². The molecule has 1 aliphatic carbocycles. The molecular formula is C9H11N. The van der Waals surface area contributed by atoms with Crippen LogP contribution in [0.3, 0.4) is 0 Å². The quantitative estimate of drug-likeness (QED) is 0.613. The molecule has 0 heterocycles. The smallest absolute Gasteiger partial charge is 0.000440 e. The Morgan fingerprint density at radius 3 is 2.90 bits per heavy atom. The molecule has 1 aliphatic rings. The summed E-state index contributed by atoms with van der Waals surface area (Å²) in [7, 11) is 0. The normalized spacial score (nSPS) is 21.5. The summed E-state index contributed by atoms with van der Waals surface area (Å²) in [4.78, 5) is 0. The molecule has 1 aromatic carbocycles. The third kappa shape index (κ3) is 0.673. The molecule has 1 atom stereocenters. The summed E-state index contributed by atoms with van der Waals surface area (Å²) >= 11 is 0. The van der Waals surface area contributed by atoms with E-state index in [9.17, 15) is 0 Å². The third-order valence-corrected chi connectivity index (χ3v) is 2.25. The fourth-order valence-corrected chi connectivity index (χ4v) is 1.57. The molecule has 0 saturated heterocycles. The fraction of sp³-hybridized carbons (Fsp3) is 0.333. The minimum atomic E-state index is 0.649. The number of benzene rings is 1. The molecule has 0 fully saturated rings. The fourth-order valence-electron chi connectivity index (χ4n) is 1.57. The van der Waals surface area contributed by atoms with Crippen LogP contribution in [0.25, 0.3) is 0 Å². The van der Waals surface area contributed by atoms with E-state index in [2.05, 4.69) is 24.3 Å². The first-order valence-corrected chi connectivity index (χ1v) is 3.69. The highest BCUT2D eigenvalue weighted by atomic mass is 14.6. The molecular weight excluding hydrogens is 122 g/mol. The van der Waals surface area contributed by atoms with Crippen molar-refractivity contribution < 1.29 is 0 Å². The van der Waals surface area contributed by atoms with Gasteiger partial charge in [0.25, 0.3) is 0 Å². The standard InChI is InChI=1S/C9H11N/c10-6-8-5-7-3-1-2-4-9(7)8/h1-4,8H,5-6,10H2. The predicted molar refractivity (Wildman–Crippen MR) is 41.9 cm³/mol. The minimum Gasteiger partial charge on any atom is -0.330 e. The van der Waals surface area contributed by atoms with Crippen molar-refractivity contribution in [3.05, 3.63) is 35.4 Å². The van der Waals surface area contributed by atoms with Gasteiger partial charge in [-0.15, -0.1) is 0 Å². The van der Waals surface area contributed by atoms with Gasteiger partial charge >= 0.3 is 0 Å². The van der Waals surface area contributed by atoms with Crippen LogP contribution >= 0.6 is 0 Å². The molecule has 2 rings (SSSR count). The Morgan fingerprint density at radius 2 is 2.20 bits per heavy atom. The Kier molecular flexibility index (Phi) is 1.24. The molecule has 0 aromatic heterocycles. The summed E-state index contributed by atoms with van der Waals surface area (Å²) in [6, 6.07) is 8.53. The summed E-state index contributed by atoms with van der Waals surface area (Å²) in [6.07, 6.45) is 1.19. The lowest BCUT2D eigenvalue weighted by Gasteiger charge is -2.28. The van der Waals surface area contributed by atoms with Crippen LogP contribution in [-0.4, -0.2) is 6.54 Å². The van der Waals surface area contributed by atoms with Crippen LogP contribution in [0.5, 0.6) is 0 Å². The van der Waals surface area contributed by atoms with Gasteiger partial charge < -0.3 is 5.73 Å². The first-order valence-electron chi connectivity index (χ1n) is 3.69. The molecule has 1 nitrogen and oxygen atoms in total. The van der Waals surface area contributed by atoms with E-state index >= 15 is 0 Å². The van der Waals surface area contributed by atoms with Gasteiger partial charge in [-0.1, -0.05) is 24.3 Å². The minimum absolute atomic E-state index is 0.649. The number of nitrogens with two attached hydrogens (primary N) is 1. The Hall–Kier alpha value is -0.820. The zero-order valence-corrected chi connectivity index (χ0v) is 5.88. The van der Waals surface area contributed by atoms with Crippen molar-refractivity contribution in [3.8, 4) is 0 Å². The molecule has 0 aliphatic heterocycles. The third-order valence-electron chi connectivity index (χ3n) is 2.25. The van der Waals surface area contributed by atoms with Gasteiger partial charge in [0.05, 0.1) is 0 Å². The molecule has 0 radical (unpaired) electrons. The molecule has 10 heavy (non-hydrogen) atoms. The van der Waals surface area contributed by atoms with Gasteiger partial charge in [0.1, 0.15) is 0 Å². The van der Waals surface area contributed by atoms with Crippen molar-refractivity contribution >= 4 is 0 Å². The second-order valence-electron chi connectivity index (χ2n) is 2.84. The molecule has 1 aromatic rings. The van der Waals surface area contributed by atoms with Crippen LogP contribution in [0.4, 0.5) is 0 Å². The number of fused-ring (bicyclic) bond motifs is 1. The average molecular weight is 133 g/mol. The summed E-state index contributed by atoms with van der Waals surface area (Å²) < 4.78 is 0. The lowest BCUT2D eigenvalue weighted by Crippen LogP contribution is -2.24. The molecule has 1 unspecified atom stereocenters. The van der Waals surface area contributed by atoms with Gasteiger partial charge in [0, 0.05) is 5.92 Å². The molecule has 0 amide bonds. The second kappa shape index (κ2) is 2.10. The summed E-state index contributed by atoms with van der Waals surface area (Å²) in [6.45, 7) is 0.803. The number of hydrogen-bond donors (Lipinski definition) is 1. The molecule has 2 N–H and O–H groups in total. The maximum atomic E-state index is 5.55. The van der Waals surface area contributed by atoms with Crippen LogP contribution in [0, 0.1) is 0 Å². The lowest BCUT2D eigenvalue weighted by atomic mass is 9.78. The summed E-state index contributed by atoms with van der Waals surface area (Å²) in [5, 5.41) is 0. The van der Waals surface area contributed by atoms with E-state index in [1.54, 1.807) is 0 Å². The zero-order chi connectivity index (χ0) is 6.97. The van der Waals surface area contributed by atoms with Gasteiger partial charge in [-0.2, -0.15) is 0 Å². The van der Waals surface area contributed by atoms with Crippen molar-refractivity contribution in [1.82, 2.24) is 0 Å². The monoisotopic (exact) mass is 133 g/mol. The van der Waals surface area contributed by atoms with Crippen LogP contribution < -0.4 is 5.73 Å². The van der Waals surface area contributed by atoms with E-state index in [1.807, 2.05) is 0 Å². The van der Waals surface area contributed by atoms with E-state index in [-0.39, 0.29) is 0 Å². The first kappa shape index (κ1) is 5.93. The van der Waals surface area contributed by atoms with Crippen LogP contribution in [-0.2, 0) is 6.42 Å². The number of rotatable bonds is 1. The number of hydrogen-bond acceptors (Lipinski definition) is 1. The van der Waals surface area contributed by atoms with Crippen molar-refractivity contribution in [1.29, 1.82) is 0 Å². The van der Waals surface area contributed by atoms with Gasteiger partial charge in [-0.25, -0.2) is 0 Å². The first-order chi connectivity index (χ1) is 4.92. The van der Waals surface area contributed by atoms with Crippen LogP contribution in [0.1, 0.15) is 17.0 Å². The maximum Gasteiger partial charge on any atom is 0.000440 e.